The van der Waals surface area contributed by atoms with Gasteiger partial charge in [0.05, 0.1) is 35.8 Å². The molecule has 198 valence electrons. The van der Waals surface area contributed by atoms with Crippen LogP contribution in [0, 0.1) is 5.82 Å². The molecule has 0 amide bonds. The number of nitrogens with zero attached hydrogens (tertiary/aromatic N) is 6. The Labute approximate surface area is 218 Å². The standard InChI is InChI=1S/C28H37FN6O2/c1-19(2)37-28-26-25(34-13-9-22(10-14-34)33-15-11-24(36-4)12-16-33)17-21(18-30-3)31-27(26)35(32-28)23-7-5-20(29)6-8-23/h5-8,17,19,22,24H,3,9-16,18H2,1-2,4H3. The molecule has 37 heavy (non-hydrogen) atoms. The van der Waals surface area contributed by atoms with Gasteiger partial charge in [0.1, 0.15) is 11.2 Å². The smallest absolute Gasteiger partial charge is 0.245 e. The van der Waals surface area contributed by atoms with E-state index in [0.29, 0.717) is 30.2 Å². The third-order valence-electron chi connectivity index (χ3n) is 7.46. The first-order valence-corrected chi connectivity index (χ1v) is 13.3. The van der Waals surface area contributed by atoms with Gasteiger partial charge < -0.3 is 19.3 Å². The van der Waals surface area contributed by atoms with Crippen LogP contribution in [0.2, 0.25) is 0 Å². The molecule has 1 aromatic carbocycles. The van der Waals surface area contributed by atoms with Crippen LogP contribution in [0.3, 0.4) is 0 Å². The first-order chi connectivity index (χ1) is 18.0. The summed E-state index contributed by atoms with van der Waals surface area (Å²) in [5.41, 5.74) is 3.29. The van der Waals surface area contributed by atoms with E-state index in [9.17, 15) is 4.39 Å². The van der Waals surface area contributed by atoms with Crippen molar-refractivity contribution in [2.75, 3.05) is 38.2 Å². The number of hydrogen-bond acceptors (Lipinski definition) is 7. The SMILES string of the molecule is C=NCc1cc(N2CCC(N3CCC(OC)CC3)CC2)c2c(OC(C)C)nn(-c3ccc(F)cc3)c2n1. The summed E-state index contributed by atoms with van der Waals surface area (Å²) in [5, 5.41) is 5.69. The molecular formula is C28H37FN6O2. The number of pyridine rings is 1. The number of ether oxygens (including phenoxy) is 2. The van der Waals surface area contributed by atoms with E-state index < -0.39 is 0 Å². The number of rotatable bonds is 8. The minimum atomic E-state index is -0.293. The van der Waals surface area contributed by atoms with Crippen molar-refractivity contribution in [2.45, 2.75) is 64.3 Å². The molecule has 2 aliphatic heterocycles. The molecule has 4 heterocycles. The number of aliphatic imine (C=N–C) groups is 1. The van der Waals surface area contributed by atoms with E-state index in [0.717, 1.165) is 74.3 Å². The summed E-state index contributed by atoms with van der Waals surface area (Å²) in [6.45, 7) is 12.2. The van der Waals surface area contributed by atoms with Gasteiger partial charge in [-0.25, -0.2) is 14.1 Å². The van der Waals surface area contributed by atoms with Gasteiger partial charge in [-0.15, -0.1) is 5.10 Å². The Morgan fingerprint density at radius 2 is 1.78 bits per heavy atom. The Bertz CT molecular complexity index is 1210. The van der Waals surface area contributed by atoms with Gasteiger partial charge in [-0.1, -0.05) is 0 Å². The zero-order valence-electron chi connectivity index (χ0n) is 22.1. The van der Waals surface area contributed by atoms with Gasteiger partial charge in [0, 0.05) is 39.3 Å². The molecule has 0 radical (unpaired) electrons. The van der Waals surface area contributed by atoms with Crippen LogP contribution in [0.4, 0.5) is 10.1 Å². The number of piperidine rings is 2. The predicted octanol–water partition coefficient (Wildman–Crippen LogP) is 4.63. The van der Waals surface area contributed by atoms with Crippen molar-refractivity contribution in [1.29, 1.82) is 0 Å². The van der Waals surface area contributed by atoms with Crippen LogP contribution in [-0.2, 0) is 11.3 Å². The molecule has 0 bridgehead atoms. The van der Waals surface area contributed by atoms with Crippen LogP contribution in [0.25, 0.3) is 16.7 Å². The maximum Gasteiger partial charge on any atom is 0.245 e. The van der Waals surface area contributed by atoms with E-state index in [2.05, 4.69) is 27.6 Å². The molecule has 2 aromatic heterocycles. The second kappa shape index (κ2) is 11.1. The van der Waals surface area contributed by atoms with Crippen LogP contribution >= 0.6 is 0 Å². The van der Waals surface area contributed by atoms with E-state index in [1.54, 1.807) is 16.8 Å². The molecule has 2 fully saturated rings. The molecule has 0 aliphatic carbocycles. The molecule has 2 saturated heterocycles. The summed E-state index contributed by atoms with van der Waals surface area (Å²) in [6, 6.07) is 8.97. The molecule has 0 N–H and O–H groups in total. The number of aromatic nitrogens is 3. The summed E-state index contributed by atoms with van der Waals surface area (Å²) >= 11 is 0. The van der Waals surface area contributed by atoms with Crippen molar-refractivity contribution < 1.29 is 13.9 Å². The normalized spacial score (nSPS) is 18.1. The highest BCUT2D eigenvalue weighted by Gasteiger charge is 2.30. The fraction of sp³-hybridized carbons (Fsp3) is 0.536. The van der Waals surface area contributed by atoms with Crippen LogP contribution in [0.5, 0.6) is 5.88 Å². The Hall–Kier alpha value is -3.04. The quantitative estimate of drug-likeness (QED) is 0.414. The van der Waals surface area contributed by atoms with Crippen LogP contribution < -0.4 is 9.64 Å². The predicted molar refractivity (Wildman–Crippen MR) is 145 cm³/mol. The van der Waals surface area contributed by atoms with E-state index in [-0.39, 0.29) is 11.9 Å². The summed E-state index contributed by atoms with van der Waals surface area (Å²) in [5.74, 6) is 0.247. The van der Waals surface area contributed by atoms with E-state index in [4.69, 9.17) is 19.6 Å². The van der Waals surface area contributed by atoms with Crippen molar-refractivity contribution >= 4 is 23.4 Å². The molecule has 0 saturated carbocycles. The molecule has 8 nitrogen and oxygen atoms in total. The summed E-state index contributed by atoms with van der Waals surface area (Å²) in [4.78, 5) is 14.1. The zero-order valence-corrected chi connectivity index (χ0v) is 22.1. The number of anilines is 1. The number of halogens is 1. The van der Waals surface area contributed by atoms with E-state index in [1.165, 1.54) is 12.1 Å². The first-order valence-electron chi connectivity index (χ1n) is 13.3. The number of methoxy groups -OCH3 is 1. The average Bonchev–Trinajstić information content (AvgIpc) is 3.26. The highest BCUT2D eigenvalue weighted by molar-refractivity contribution is 5.95. The van der Waals surface area contributed by atoms with Crippen LogP contribution in [0.15, 0.2) is 35.3 Å². The van der Waals surface area contributed by atoms with Gasteiger partial charge >= 0.3 is 0 Å². The number of benzene rings is 1. The second-order valence-corrected chi connectivity index (χ2v) is 10.3. The Balaban J connectivity index is 1.49. The molecule has 2 aliphatic rings. The summed E-state index contributed by atoms with van der Waals surface area (Å²) in [6.07, 6.45) is 4.76. The largest absolute Gasteiger partial charge is 0.473 e. The molecule has 0 spiro atoms. The highest BCUT2D eigenvalue weighted by Crippen LogP contribution is 2.38. The lowest BCUT2D eigenvalue weighted by molar-refractivity contribution is 0.0233. The second-order valence-electron chi connectivity index (χ2n) is 10.3. The minimum Gasteiger partial charge on any atom is -0.473 e. The van der Waals surface area contributed by atoms with Gasteiger partial charge in [-0.2, -0.15) is 0 Å². The third kappa shape index (κ3) is 5.48. The lowest BCUT2D eigenvalue weighted by Gasteiger charge is -2.42. The van der Waals surface area contributed by atoms with E-state index in [1.807, 2.05) is 21.0 Å². The number of fused-ring (bicyclic) bond motifs is 1. The molecule has 3 aromatic rings. The number of likely N-dealkylation sites (tertiary alicyclic amines) is 1. The maximum atomic E-state index is 13.7. The Kier molecular flexibility index (Phi) is 7.71. The topological polar surface area (TPSA) is 68.0 Å². The monoisotopic (exact) mass is 508 g/mol. The maximum absolute atomic E-state index is 13.7. The van der Waals surface area contributed by atoms with Crippen LogP contribution in [0.1, 0.15) is 45.2 Å². The van der Waals surface area contributed by atoms with Crippen molar-refractivity contribution in [3.8, 4) is 11.6 Å². The molecule has 0 atom stereocenters. The van der Waals surface area contributed by atoms with Crippen molar-refractivity contribution in [3.05, 3.63) is 41.8 Å². The molecule has 5 rings (SSSR count). The summed E-state index contributed by atoms with van der Waals surface area (Å²) in [7, 11) is 1.82. The Morgan fingerprint density at radius 1 is 1.08 bits per heavy atom. The minimum absolute atomic E-state index is 0.0529. The number of hydrogen-bond donors (Lipinski definition) is 0. The molecule has 0 unspecified atom stereocenters. The first kappa shape index (κ1) is 25.6. The van der Waals surface area contributed by atoms with Crippen molar-refractivity contribution in [3.63, 3.8) is 0 Å². The zero-order chi connectivity index (χ0) is 25.9. The van der Waals surface area contributed by atoms with Gasteiger partial charge in [0.2, 0.25) is 5.88 Å². The molecule has 9 heteroatoms. The third-order valence-corrected chi connectivity index (χ3v) is 7.46. The fourth-order valence-electron chi connectivity index (χ4n) is 5.58. The van der Waals surface area contributed by atoms with Gasteiger partial charge in [0.25, 0.3) is 0 Å². The van der Waals surface area contributed by atoms with E-state index >= 15 is 0 Å². The Morgan fingerprint density at radius 3 is 2.41 bits per heavy atom. The highest BCUT2D eigenvalue weighted by atomic mass is 19.1. The van der Waals surface area contributed by atoms with Crippen molar-refractivity contribution in [2.24, 2.45) is 4.99 Å². The summed E-state index contributed by atoms with van der Waals surface area (Å²) < 4.78 is 27.2. The van der Waals surface area contributed by atoms with Crippen LogP contribution in [-0.4, -0.2) is 77.9 Å². The van der Waals surface area contributed by atoms with Gasteiger partial charge in [-0.3, -0.25) is 4.99 Å². The van der Waals surface area contributed by atoms with Gasteiger partial charge in [-0.05, 0) is 76.6 Å². The average molecular weight is 509 g/mol. The lowest BCUT2D eigenvalue weighted by Crippen LogP contribution is -2.48. The molecular weight excluding hydrogens is 471 g/mol. The van der Waals surface area contributed by atoms with Crippen molar-refractivity contribution in [1.82, 2.24) is 19.7 Å². The van der Waals surface area contributed by atoms with Gasteiger partial charge in [0.15, 0.2) is 5.65 Å². The fourth-order valence-corrected chi connectivity index (χ4v) is 5.58. The lowest BCUT2D eigenvalue weighted by atomic mass is 9.98.